The highest BCUT2D eigenvalue weighted by molar-refractivity contribution is 7.89. The van der Waals surface area contributed by atoms with Crippen LogP contribution < -0.4 is 4.74 Å². The molecule has 0 unspecified atom stereocenters. The Morgan fingerprint density at radius 3 is 2.33 bits per heavy atom. The van der Waals surface area contributed by atoms with E-state index in [9.17, 15) is 12.8 Å². The number of sulfonamides is 1. The van der Waals surface area contributed by atoms with Crippen molar-refractivity contribution >= 4 is 10.0 Å². The van der Waals surface area contributed by atoms with Crippen molar-refractivity contribution in [2.24, 2.45) is 11.8 Å². The molecular formula is C20H29FN2O3S. The van der Waals surface area contributed by atoms with Gasteiger partial charge in [0.05, 0.1) is 7.11 Å². The third-order valence-corrected chi connectivity index (χ3v) is 8.40. The number of rotatable bonds is 4. The lowest BCUT2D eigenvalue weighted by Gasteiger charge is -2.52. The van der Waals surface area contributed by atoms with Crippen LogP contribution in [-0.4, -0.2) is 57.0 Å². The summed E-state index contributed by atoms with van der Waals surface area (Å²) in [7, 11) is -2.35. The van der Waals surface area contributed by atoms with Crippen LogP contribution in [0.5, 0.6) is 5.75 Å². The first-order valence-electron chi connectivity index (χ1n) is 10.1. The van der Waals surface area contributed by atoms with Crippen molar-refractivity contribution in [2.75, 3.05) is 33.3 Å². The van der Waals surface area contributed by atoms with Gasteiger partial charge >= 0.3 is 0 Å². The largest absolute Gasteiger partial charge is 0.495 e. The molecule has 4 rings (SSSR count). The van der Waals surface area contributed by atoms with E-state index in [4.69, 9.17) is 4.74 Å². The van der Waals surface area contributed by atoms with E-state index in [1.165, 1.54) is 44.9 Å². The molecule has 0 aromatic heterocycles. The SMILES string of the molecule is COc1ccc(F)cc1S(=O)(=O)N1C[C@@H]2CCC[C@@H](C1)C2N1CCCCC1. The van der Waals surface area contributed by atoms with Crippen molar-refractivity contribution < 1.29 is 17.5 Å². The number of fused-ring (bicyclic) bond motifs is 2. The zero-order chi connectivity index (χ0) is 19.0. The number of ether oxygens (including phenoxy) is 1. The number of halogens is 1. The van der Waals surface area contributed by atoms with Crippen LogP contribution in [0.2, 0.25) is 0 Å². The second kappa shape index (κ2) is 7.68. The van der Waals surface area contributed by atoms with Gasteiger partial charge in [-0.25, -0.2) is 12.8 Å². The zero-order valence-corrected chi connectivity index (χ0v) is 16.8. The first-order chi connectivity index (χ1) is 13.0. The normalized spacial score (nSPS) is 30.2. The summed E-state index contributed by atoms with van der Waals surface area (Å²) in [5, 5.41) is 0. The topological polar surface area (TPSA) is 49.9 Å². The van der Waals surface area contributed by atoms with Gasteiger partial charge in [-0.2, -0.15) is 4.31 Å². The predicted molar refractivity (Wildman–Crippen MR) is 102 cm³/mol. The summed E-state index contributed by atoms with van der Waals surface area (Å²) in [6.07, 6.45) is 7.13. The molecule has 3 aliphatic rings. The van der Waals surface area contributed by atoms with Crippen LogP contribution in [0.3, 0.4) is 0 Å². The third kappa shape index (κ3) is 3.61. The van der Waals surface area contributed by atoms with E-state index in [-0.39, 0.29) is 10.6 Å². The molecule has 7 heteroatoms. The number of benzene rings is 1. The smallest absolute Gasteiger partial charge is 0.246 e. The number of hydrogen-bond acceptors (Lipinski definition) is 4. The van der Waals surface area contributed by atoms with E-state index in [2.05, 4.69) is 4.90 Å². The van der Waals surface area contributed by atoms with Gasteiger partial charge < -0.3 is 4.74 Å². The molecule has 150 valence electrons. The first kappa shape index (κ1) is 19.2. The number of piperidine rings is 2. The molecule has 1 aromatic carbocycles. The number of likely N-dealkylation sites (tertiary alicyclic amines) is 1. The lowest BCUT2D eigenvalue weighted by Crippen LogP contribution is -2.59. The summed E-state index contributed by atoms with van der Waals surface area (Å²) in [6, 6.07) is 4.21. The predicted octanol–water partition coefficient (Wildman–Crippen LogP) is 3.11. The van der Waals surface area contributed by atoms with E-state index in [0.29, 0.717) is 31.0 Å². The molecule has 3 fully saturated rings. The third-order valence-electron chi connectivity index (χ3n) is 6.55. The summed E-state index contributed by atoms with van der Waals surface area (Å²) in [6.45, 7) is 3.34. The lowest BCUT2D eigenvalue weighted by molar-refractivity contribution is -0.00314. The van der Waals surface area contributed by atoms with Gasteiger partial charge in [-0.3, -0.25) is 4.90 Å². The van der Waals surface area contributed by atoms with E-state index in [0.717, 1.165) is 32.0 Å². The van der Waals surface area contributed by atoms with Crippen LogP contribution in [0.4, 0.5) is 4.39 Å². The summed E-state index contributed by atoms with van der Waals surface area (Å²) in [4.78, 5) is 2.56. The van der Waals surface area contributed by atoms with E-state index >= 15 is 0 Å². The monoisotopic (exact) mass is 396 g/mol. The summed E-state index contributed by atoms with van der Waals surface area (Å²) in [5.74, 6) is 0.382. The quantitative estimate of drug-likeness (QED) is 0.785. The Bertz CT molecular complexity index is 765. The molecule has 0 N–H and O–H groups in total. The minimum Gasteiger partial charge on any atom is -0.495 e. The maximum Gasteiger partial charge on any atom is 0.246 e. The fourth-order valence-corrected chi connectivity index (χ4v) is 7.09. The molecule has 2 bridgehead atoms. The molecular weight excluding hydrogens is 367 g/mol. The maximum atomic E-state index is 13.8. The molecule has 5 nitrogen and oxygen atoms in total. The summed E-state index contributed by atoms with van der Waals surface area (Å²) >= 11 is 0. The minimum absolute atomic E-state index is 0.0560. The molecule has 1 saturated carbocycles. The Labute approximate surface area is 161 Å². The number of methoxy groups -OCH3 is 1. The van der Waals surface area contributed by atoms with E-state index in [1.807, 2.05) is 0 Å². The Morgan fingerprint density at radius 1 is 1.04 bits per heavy atom. The molecule has 0 amide bonds. The van der Waals surface area contributed by atoms with Gasteiger partial charge in [0.1, 0.15) is 16.5 Å². The Hall–Kier alpha value is -1.18. The fraction of sp³-hybridized carbons (Fsp3) is 0.700. The molecule has 2 saturated heterocycles. The van der Waals surface area contributed by atoms with Gasteiger partial charge in [-0.05, 0) is 68.8 Å². The molecule has 1 aliphatic carbocycles. The van der Waals surface area contributed by atoms with Crippen LogP contribution in [0.15, 0.2) is 23.1 Å². The Kier molecular flexibility index (Phi) is 5.45. The van der Waals surface area contributed by atoms with Crippen molar-refractivity contribution in [3.8, 4) is 5.75 Å². The van der Waals surface area contributed by atoms with Crippen LogP contribution in [0, 0.1) is 17.7 Å². The minimum atomic E-state index is -3.77. The first-order valence-corrected chi connectivity index (χ1v) is 11.5. The van der Waals surface area contributed by atoms with Gasteiger partial charge in [0.25, 0.3) is 0 Å². The average molecular weight is 397 g/mol. The number of nitrogens with zero attached hydrogens (tertiary/aromatic N) is 2. The van der Waals surface area contributed by atoms with E-state index < -0.39 is 15.8 Å². The fourth-order valence-electron chi connectivity index (χ4n) is 5.37. The molecule has 27 heavy (non-hydrogen) atoms. The summed E-state index contributed by atoms with van der Waals surface area (Å²) in [5.41, 5.74) is 0. The molecule has 2 heterocycles. The second-order valence-electron chi connectivity index (χ2n) is 8.16. The van der Waals surface area contributed by atoms with Crippen molar-refractivity contribution in [3.63, 3.8) is 0 Å². The summed E-state index contributed by atoms with van der Waals surface area (Å²) < 4.78 is 47.2. The molecule has 1 aromatic rings. The van der Waals surface area contributed by atoms with Crippen LogP contribution in [-0.2, 0) is 10.0 Å². The Balaban J connectivity index is 1.60. The van der Waals surface area contributed by atoms with Gasteiger partial charge in [0.15, 0.2) is 0 Å². The van der Waals surface area contributed by atoms with Crippen molar-refractivity contribution in [3.05, 3.63) is 24.0 Å². The van der Waals surface area contributed by atoms with Crippen LogP contribution in [0.25, 0.3) is 0 Å². The van der Waals surface area contributed by atoms with Crippen molar-refractivity contribution in [1.29, 1.82) is 0 Å². The second-order valence-corrected chi connectivity index (χ2v) is 10.1. The molecule has 0 spiro atoms. The highest BCUT2D eigenvalue weighted by atomic mass is 32.2. The van der Waals surface area contributed by atoms with Gasteiger partial charge in [0, 0.05) is 19.1 Å². The van der Waals surface area contributed by atoms with Crippen molar-refractivity contribution in [1.82, 2.24) is 9.21 Å². The highest BCUT2D eigenvalue weighted by Gasteiger charge is 2.46. The molecule has 0 radical (unpaired) electrons. The Morgan fingerprint density at radius 2 is 1.70 bits per heavy atom. The number of hydrogen-bond donors (Lipinski definition) is 0. The average Bonchev–Trinajstić information content (AvgIpc) is 2.67. The highest BCUT2D eigenvalue weighted by Crippen LogP contribution is 2.41. The van der Waals surface area contributed by atoms with Gasteiger partial charge in [-0.15, -0.1) is 0 Å². The van der Waals surface area contributed by atoms with Crippen LogP contribution in [0.1, 0.15) is 38.5 Å². The van der Waals surface area contributed by atoms with Crippen LogP contribution >= 0.6 is 0 Å². The van der Waals surface area contributed by atoms with Crippen molar-refractivity contribution in [2.45, 2.75) is 49.5 Å². The standard InChI is InChI=1S/C20H29FN2O3S/c1-26-18-9-8-17(21)12-19(18)27(24,25)23-13-15-6-5-7-16(14-23)20(15)22-10-3-2-4-11-22/h8-9,12,15-16,20H,2-7,10-11,13-14H2,1H3/t15-,16-/m0/s1. The maximum absolute atomic E-state index is 13.8. The zero-order valence-electron chi connectivity index (χ0n) is 15.9. The molecule has 2 atom stereocenters. The van der Waals surface area contributed by atoms with E-state index in [1.54, 1.807) is 4.31 Å². The lowest BCUT2D eigenvalue weighted by atomic mass is 9.73. The molecule has 2 aliphatic heterocycles. The van der Waals surface area contributed by atoms with Gasteiger partial charge in [0.2, 0.25) is 10.0 Å². The van der Waals surface area contributed by atoms with Gasteiger partial charge in [-0.1, -0.05) is 12.8 Å².